The van der Waals surface area contributed by atoms with Crippen molar-refractivity contribution in [2.45, 2.75) is 111 Å². The molecule has 0 saturated carbocycles. The van der Waals surface area contributed by atoms with Crippen LogP contribution in [-0.4, -0.2) is 186 Å². The van der Waals surface area contributed by atoms with Crippen LogP contribution in [-0.2, 0) is 33.3 Å². The van der Waals surface area contributed by atoms with Crippen molar-refractivity contribution < 1.29 is 89.4 Å². The largest absolute Gasteiger partial charge is 0.480 e. The predicted octanol–water partition coefficient (Wildman–Crippen LogP) is -8.26. The maximum absolute atomic E-state index is 12.2. The van der Waals surface area contributed by atoms with E-state index in [1.807, 2.05) is 0 Å². The number of carbonyl (C=O) groups excluding carboxylic acids is 1. The first-order valence-electron chi connectivity index (χ1n) is 13.4. The number of carboxylic acids is 1. The number of rotatable bonds is 12. The molecule has 20 nitrogen and oxygen atoms in total. The van der Waals surface area contributed by atoms with E-state index < -0.39 is 130 Å². The minimum atomic E-state index is -1.86. The molecule has 20 heteroatoms. The van der Waals surface area contributed by atoms with Gasteiger partial charge in [-0.05, 0) is 6.42 Å². The molecule has 0 aromatic heterocycles. The zero-order chi connectivity index (χ0) is 32.2. The van der Waals surface area contributed by atoms with E-state index in [1.165, 1.54) is 0 Å². The van der Waals surface area contributed by atoms with Crippen molar-refractivity contribution in [2.24, 2.45) is 5.73 Å². The van der Waals surface area contributed by atoms with Gasteiger partial charge in [-0.2, -0.15) is 0 Å². The number of hydrogen-bond donors (Lipinski definition) is 13. The van der Waals surface area contributed by atoms with Gasteiger partial charge >= 0.3 is 5.97 Å². The molecule has 16 atom stereocenters. The first-order valence-corrected chi connectivity index (χ1v) is 13.4. The molecule has 14 N–H and O–H groups in total. The smallest absolute Gasteiger partial charge is 0.320 e. The van der Waals surface area contributed by atoms with Gasteiger partial charge in [0.15, 0.2) is 18.8 Å². The monoisotopic (exact) mass is 632 g/mol. The molecule has 3 heterocycles. The standard InChI is InChI=1S/C23H40N2O18/c24-6(21(37)38)1-2-10(27)25-20-17(34)14(31)12(29)8(41-20)4-39-23-19(36)16(33)13(30)9(43-23)5-40-22-18(35)15(32)11(28)7(3-26)42-22/h6-9,11-20,22-23,26,28-36H,1-5,24H2,(H,25,27)(H,37,38)/t6-,7+,8+,9-,11-,12-,13-,14+,15-,16-,17-,18-,19-,20+,22+,23+/m1/s1. The fourth-order valence-electron chi connectivity index (χ4n) is 4.62. The molecule has 0 bridgehead atoms. The molecule has 0 aromatic rings. The zero-order valence-electron chi connectivity index (χ0n) is 22.6. The molecule has 3 aliphatic rings. The number of aliphatic hydroxyl groups is 10. The fourth-order valence-corrected chi connectivity index (χ4v) is 4.62. The van der Waals surface area contributed by atoms with Gasteiger partial charge in [0.25, 0.3) is 0 Å². The van der Waals surface area contributed by atoms with Crippen LogP contribution < -0.4 is 11.1 Å². The van der Waals surface area contributed by atoms with Crippen LogP contribution in [0, 0.1) is 0 Å². The van der Waals surface area contributed by atoms with Gasteiger partial charge in [0.05, 0.1) is 19.8 Å². The van der Waals surface area contributed by atoms with Crippen molar-refractivity contribution in [1.82, 2.24) is 5.32 Å². The summed E-state index contributed by atoms with van der Waals surface area (Å²) in [6.45, 7) is -2.01. The van der Waals surface area contributed by atoms with Crippen molar-refractivity contribution in [1.29, 1.82) is 0 Å². The molecule has 43 heavy (non-hydrogen) atoms. The Balaban J connectivity index is 1.58. The van der Waals surface area contributed by atoms with E-state index in [2.05, 4.69) is 5.32 Å². The quantitative estimate of drug-likeness (QED) is 0.0949. The van der Waals surface area contributed by atoms with E-state index >= 15 is 0 Å². The molecular weight excluding hydrogens is 592 g/mol. The van der Waals surface area contributed by atoms with Crippen molar-refractivity contribution >= 4 is 11.9 Å². The molecule has 250 valence electrons. The Bertz CT molecular complexity index is 915. The topological polar surface area (TPSA) is 341 Å². The van der Waals surface area contributed by atoms with Gasteiger partial charge in [-0.25, -0.2) is 0 Å². The van der Waals surface area contributed by atoms with Gasteiger partial charge in [-0.15, -0.1) is 0 Å². The number of nitrogens with two attached hydrogens (primary N) is 1. The van der Waals surface area contributed by atoms with E-state index in [9.17, 15) is 60.7 Å². The number of carboxylic acid groups (broad SMARTS) is 1. The Morgan fingerprint density at radius 3 is 1.60 bits per heavy atom. The van der Waals surface area contributed by atoms with Crippen molar-refractivity contribution in [3.05, 3.63) is 0 Å². The Hall–Kier alpha value is -1.70. The van der Waals surface area contributed by atoms with E-state index in [0.29, 0.717) is 0 Å². The molecule has 0 aromatic carbocycles. The average Bonchev–Trinajstić information content (AvgIpc) is 2.98. The maximum Gasteiger partial charge on any atom is 0.320 e. The number of aliphatic hydroxyl groups excluding tert-OH is 10. The third-order valence-corrected chi connectivity index (χ3v) is 7.38. The van der Waals surface area contributed by atoms with Crippen LogP contribution in [0.2, 0.25) is 0 Å². The molecule has 3 aliphatic heterocycles. The molecule has 0 unspecified atom stereocenters. The second-order valence-corrected chi connectivity index (χ2v) is 10.5. The number of hydrogen-bond acceptors (Lipinski definition) is 18. The Labute approximate surface area is 243 Å². The highest BCUT2D eigenvalue weighted by Crippen LogP contribution is 2.27. The first kappa shape index (κ1) is 35.8. The summed E-state index contributed by atoms with van der Waals surface area (Å²) >= 11 is 0. The van der Waals surface area contributed by atoms with Crippen molar-refractivity contribution in [3.8, 4) is 0 Å². The average molecular weight is 633 g/mol. The summed E-state index contributed by atoms with van der Waals surface area (Å²) < 4.78 is 26.8. The van der Waals surface area contributed by atoms with Crippen LogP contribution in [0.15, 0.2) is 0 Å². The predicted molar refractivity (Wildman–Crippen MR) is 132 cm³/mol. The molecule has 3 rings (SSSR count). The van der Waals surface area contributed by atoms with Crippen LogP contribution in [0.25, 0.3) is 0 Å². The van der Waals surface area contributed by atoms with Crippen LogP contribution in [0.5, 0.6) is 0 Å². The summed E-state index contributed by atoms with van der Waals surface area (Å²) in [6, 6.07) is -1.32. The summed E-state index contributed by atoms with van der Waals surface area (Å²) in [5, 5.41) is 112. The number of amides is 1. The van der Waals surface area contributed by atoms with Crippen LogP contribution in [0.3, 0.4) is 0 Å². The van der Waals surface area contributed by atoms with Gasteiger partial charge in [0.1, 0.15) is 79.3 Å². The van der Waals surface area contributed by atoms with E-state index in [-0.39, 0.29) is 12.8 Å². The number of aliphatic carboxylic acids is 1. The zero-order valence-corrected chi connectivity index (χ0v) is 22.6. The summed E-state index contributed by atoms with van der Waals surface area (Å²) in [5.74, 6) is -2.11. The maximum atomic E-state index is 12.2. The number of nitrogens with one attached hydrogen (secondary N) is 1. The Morgan fingerprint density at radius 2 is 1.12 bits per heavy atom. The molecule has 3 fully saturated rings. The number of carbonyl (C=O) groups is 2. The lowest BCUT2D eigenvalue weighted by Crippen LogP contribution is -2.64. The SMILES string of the molecule is N[C@H](CCC(=O)N[C@H]1O[C@@H](CO[C@H]2O[C@H](CO[C@H]3O[C@@H](CO)[C@@H](O)[C@@H](O)[C@H]3O)[C@@H](O)[C@@H](O)[C@H]2O)[C@@H](O)[C@H](O)[C@H]1O)C(=O)O. The normalized spacial score (nSPS) is 44.5. The van der Waals surface area contributed by atoms with Gasteiger partial charge < -0.3 is 90.9 Å². The highest BCUT2D eigenvalue weighted by molar-refractivity contribution is 5.78. The first-order chi connectivity index (χ1) is 20.2. The highest BCUT2D eigenvalue weighted by atomic mass is 16.7. The van der Waals surface area contributed by atoms with Gasteiger partial charge in [-0.3, -0.25) is 9.59 Å². The second kappa shape index (κ2) is 15.5. The fraction of sp³-hybridized carbons (Fsp3) is 0.913. The second-order valence-electron chi connectivity index (χ2n) is 10.5. The molecule has 0 spiro atoms. The third kappa shape index (κ3) is 8.52. The summed E-state index contributed by atoms with van der Waals surface area (Å²) in [7, 11) is 0. The molecule has 1 amide bonds. The van der Waals surface area contributed by atoms with E-state index in [4.69, 9.17) is 34.5 Å². The Kier molecular flexibility index (Phi) is 12.9. The number of ether oxygens (including phenoxy) is 5. The Morgan fingerprint density at radius 1 is 0.674 bits per heavy atom. The summed E-state index contributed by atoms with van der Waals surface area (Å²) in [5.41, 5.74) is 5.35. The third-order valence-electron chi connectivity index (χ3n) is 7.38. The van der Waals surface area contributed by atoms with Crippen molar-refractivity contribution in [2.75, 3.05) is 19.8 Å². The van der Waals surface area contributed by atoms with Gasteiger partial charge in [-0.1, -0.05) is 0 Å². The van der Waals surface area contributed by atoms with Crippen LogP contribution in [0.1, 0.15) is 12.8 Å². The van der Waals surface area contributed by atoms with Gasteiger partial charge in [0.2, 0.25) is 5.91 Å². The van der Waals surface area contributed by atoms with E-state index in [1.54, 1.807) is 0 Å². The van der Waals surface area contributed by atoms with Gasteiger partial charge in [0, 0.05) is 6.42 Å². The molecular formula is C23H40N2O18. The highest BCUT2D eigenvalue weighted by Gasteiger charge is 2.49. The minimum Gasteiger partial charge on any atom is -0.480 e. The van der Waals surface area contributed by atoms with Crippen molar-refractivity contribution in [3.63, 3.8) is 0 Å². The lowest BCUT2D eigenvalue weighted by atomic mass is 9.97. The molecule has 0 aliphatic carbocycles. The summed E-state index contributed by atoms with van der Waals surface area (Å²) in [6.07, 6.45) is -25.7. The van der Waals surface area contributed by atoms with E-state index in [0.717, 1.165) is 0 Å². The lowest BCUT2D eigenvalue weighted by molar-refractivity contribution is -0.336. The van der Waals surface area contributed by atoms with Crippen LogP contribution >= 0.6 is 0 Å². The lowest BCUT2D eigenvalue weighted by Gasteiger charge is -2.44. The minimum absolute atomic E-state index is 0.242. The van der Waals surface area contributed by atoms with Crippen LogP contribution in [0.4, 0.5) is 0 Å². The molecule has 0 radical (unpaired) electrons. The summed E-state index contributed by atoms with van der Waals surface area (Å²) in [4.78, 5) is 23.0. The molecule has 3 saturated heterocycles.